The quantitative estimate of drug-likeness (QED) is 0.773. The maximum Gasteiger partial charge on any atom is 0.315 e. The van der Waals surface area contributed by atoms with Crippen LogP contribution in [0.2, 0.25) is 0 Å². The highest BCUT2D eigenvalue weighted by atomic mass is 16.5. The zero-order valence-electron chi connectivity index (χ0n) is 13.6. The molecule has 5 nitrogen and oxygen atoms in total. The number of hydrogen-bond acceptors (Lipinski definition) is 3. The van der Waals surface area contributed by atoms with E-state index in [2.05, 4.69) is 10.6 Å². The van der Waals surface area contributed by atoms with Crippen molar-refractivity contribution < 1.29 is 9.53 Å². The van der Waals surface area contributed by atoms with Gasteiger partial charge in [0.25, 0.3) is 0 Å². The summed E-state index contributed by atoms with van der Waals surface area (Å²) in [6.07, 6.45) is 0. The van der Waals surface area contributed by atoms with Crippen molar-refractivity contribution in [2.24, 2.45) is 0 Å². The van der Waals surface area contributed by atoms with E-state index in [-0.39, 0.29) is 6.03 Å². The van der Waals surface area contributed by atoms with Crippen LogP contribution in [-0.2, 0) is 6.54 Å². The van der Waals surface area contributed by atoms with Crippen LogP contribution in [0, 0.1) is 0 Å². The molecule has 0 saturated heterocycles. The smallest absolute Gasteiger partial charge is 0.315 e. The van der Waals surface area contributed by atoms with Gasteiger partial charge in [0.05, 0.1) is 6.54 Å². The van der Waals surface area contributed by atoms with Crippen molar-refractivity contribution >= 4 is 11.7 Å². The zero-order valence-corrected chi connectivity index (χ0v) is 13.6. The van der Waals surface area contributed by atoms with Crippen molar-refractivity contribution in [3.63, 3.8) is 0 Å². The second kappa shape index (κ2) is 8.68. The summed E-state index contributed by atoms with van der Waals surface area (Å²) in [6.45, 7) is 1.40. The Morgan fingerprint density at radius 1 is 1.00 bits per heavy atom. The Morgan fingerprint density at radius 2 is 1.70 bits per heavy atom. The van der Waals surface area contributed by atoms with Gasteiger partial charge in [0.1, 0.15) is 12.4 Å². The van der Waals surface area contributed by atoms with E-state index in [1.165, 1.54) is 0 Å². The van der Waals surface area contributed by atoms with E-state index < -0.39 is 0 Å². The molecule has 0 saturated carbocycles. The van der Waals surface area contributed by atoms with Crippen LogP contribution in [0.4, 0.5) is 10.5 Å². The van der Waals surface area contributed by atoms with E-state index in [1.54, 1.807) is 0 Å². The van der Waals surface area contributed by atoms with Gasteiger partial charge >= 0.3 is 6.03 Å². The van der Waals surface area contributed by atoms with E-state index in [0.717, 1.165) is 17.0 Å². The van der Waals surface area contributed by atoms with Gasteiger partial charge in [-0.3, -0.25) is 0 Å². The van der Waals surface area contributed by atoms with Gasteiger partial charge in [0.15, 0.2) is 0 Å². The molecular weight excluding hydrogens is 290 g/mol. The molecule has 0 bridgehead atoms. The van der Waals surface area contributed by atoms with Crippen molar-refractivity contribution in [3.8, 4) is 5.75 Å². The number of anilines is 1. The van der Waals surface area contributed by atoms with Crippen LogP contribution in [0.25, 0.3) is 0 Å². The number of ether oxygens (including phenoxy) is 1. The summed E-state index contributed by atoms with van der Waals surface area (Å²) < 4.78 is 5.51. The van der Waals surface area contributed by atoms with Gasteiger partial charge in [-0.15, -0.1) is 0 Å². The van der Waals surface area contributed by atoms with Crippen molar-refractivity contribution in [1.82, 2.24) is 10.6 Å². The fourth-order valence-corrected chi connectivity index (χ4v) is 2.01. The molecule has 2 amide bonds. The standard InChI is InChI=1S/C18H23N3O2/c1-21(2)16-10-8-15(9-11-16)14-20-18(22)19-12-13-23-17-6-4-3-5-7-17/h3-11H,12-14H2,1-2H3,(H2,19,20,22). The molecule has 0 heterocycles. The summed E-state index contributed by atoms with van der Waals surface area (Å²) in [5.41, 5.74) is 2.20. The fourth-order valence-electron chi connectivity index (χ4n) is 2.01. The topological polar surface area (TPSA) is 53.6 Å². The number of carbonyl (C=O) groups excluding carboxylic acids is 1. The average molecular weight is 313 g/mol. The summed E-state index contributed by atoms with van der Waals surface area (Å²) in [5.74, 6) is 0.802. The Bertz CT molecular complexity index is 597. The number of hydrogen-bond donors (Lipinski definition) is 2. The Kier molecular flexibility index (Phi) is 6.29. The molecule has 2 aromatic rings. The molecule has 0 radical (unpaired) electrons. The molecule has 0 spiro atoms. The molecule has 0 aliphatic heterocycles. The number of benzene rings is 2. The van der Waals surface area contributed by atoms with Crippen LogP contribution in [-0.4, -0.2) is 33.3 Å². The number of para-hydroxylation sites is 1. The van der Waals surface area contributed by atoms with Gasteiger partial charge in [-0.1, -0.05) is 30.3 Å². The summed E-state index contributed by atoms with van der Waals surface area (Å²) in [7, 11) is 4.00. The fraction of sp³-hybridized carbons (Fsp3) is 0.278. The first-order valence-corrected chi connectivity index (χ1v) is 7.61. The van der Waals surface area contributed by atoms with Gasteiger partial charge in [0, 0.05) is 26.3 Å². The number of nitrogens with one attached hydrogen (secondary N) is 2. The highest BCUT2D eigenvalue weighted by Gasteiger charge is 2.01. The van der Waals surface area contributed by atoms with E-state index in [0.29, 0.717) is 19.7 Å². The van der Waals surface area contributed by atoms with Gasteiger partial charge in [-0.25, -0.2) is 4.79 Å². The lowest BCUT2D eigenvalue weighted by molar-refractivity contribution is 0.236. The zero-order chi connectivity index (χ0) is 16.5. The molecule has 5 heteroatoms. The monoisotopic (exact) mass is 313 g/mol. The average Bonchev–Trinajstić information content (AvgIpc) is 2.58. The Labute approximate surface area is 137 Å². The van der Waals surface area contributed by atoms with Crippen molar-refractivity contribution in [1.29, 1.82) is 0 Å². The number of nitrogens with zero attached hydrogens (tertiary/aromatic N) is 1. The molecule has 0 aliphatic rings. The molecule has 23 heavy (non-hydrogen) atoms. The van der Waals surface area contributed by atoms with Crippen molar-refractivity contribution in [3.05, 3.63) is 60.2 Å². The Balaban J connectivity index is 1.63. The third-order valence-electron chi connectivity index (χ3n) is 3.31. The normalized spacial score (nSPS) is 10.0. The molecule has 2 rings (SSSR count). The number of amides is 2. The summed E-state index contributed by atoms with van der Waals surface area (Å²) in [5, 5.41) is 5.60. The molecular formula is C18H23N3O2. The number of rotatable bonds is 7. The summed E-state index contributed by atoms with van der Waals surface area (Å²) in [4.78, 5) is 13.8. The minimum absolute atomic E-state index is 0.196. The Morgan fingerprint density at radius 3 is 2.35 bits per heavy atom. The molecule has 0 aliphatic carbocycles. The van der Waals surface area contributed by atoms with E-state index in [4.69, 9.17) is 4.74 Å². The largest absolute Gasteiger partial charge is 0.492 e. The molecule has 2 N–H and O–H groups in total. The second-order valence-corrected chi connectivity index (χ2v) is 5.33. The van der Waals surface area contributed by atoms with E-state index in [9.17, 15) is 4.79 Å². The maximum absolute atomic E-state index is 11.7. The van der Waals surface area contributed by atoms with E-state index >= 15 is 0 Å². The van der Waals surface area contributed by atoms with Crippen LogP contribution >= 0.6 is 0 Å². The third-order valence-corrected chi connectivity index (χ3v) is 3.31. The molecule has 2 aromatic carbocycles. The first-order chi connectivity index (χ1) is 11.1. The van der Waals surface area contributed by atoms with Crippen LogP contribution in [0.5, 0.6) is 5.75 Å². The molecule has 122 valence electrons. The maximum atomic E-state index is 11.7. The first-order valence-electron chi connectivity index (χ1n) is 7.61. The second-order valence-electron chi connectivity index (χ2n) is 5.33. The highest BCUT2D eigenvalue weighted by molar-refractivity contribution is 5.73. The lowest BCUT2D eigenvalue weighted by Crippen LogP contribution is -2.37. The highest BCUT2D eigenvalue weighted by Crippen LogP contribution is 2.11. The minimum atomic E-state index is -0.196. The van der Waals surface area contributed by atoms with Crippen molar-refractivity contribution in [2.45, 2.75) is 6.54 Å². The van der Waals surface area contributed by atoms with Gasteiger partial charge in [0.2, 0.25) is 0 Å². The number of urea groups is 1. The minimum Gasteiger partial charge on any atom is -0.492 e. The summed E-state index contributed by atoms with van der Waals surface area (Å²) >= 11 is 0. The van der Waals surface area contributed by atoms with Crippen LogP contribution < -0.4 is 20.3 Å². The van der Waals surface area contributed by atoms with Crippen LogP contribution in [0.15, 0.2) is 54.6 Å². The molecule has 0 fully saturated rings. The van der Waals surface area contributed by atoms with Crippen LogP contribution in [0.3, 0.4) is 0 Å². The van der Waals surface area contributed by atoms with Gasteiger partial charge < -0.3 is 20.3 Å². The number of carbonyl (C=O) groups is 1. The third kappa shape index (κ3) is 5.90. The first kappa shape index (κ1) is 16.7. The summed E-state index contributed by atoms with van der Waals surface area (Å²) in [6, 6.07) is 17.4. The predicted molar refractivity (Wildman–Crippen MR) is 92.9 cm³/mol. The van der Waals surface area contributed by atoms with Gasteiger partial charge in [-0.2, -0.15) is 0 Å². The lowest BCUT2D eigenvalue weighted by atomic mass is 10.2. The molecule has 0 unspecified atom stereocenters. The van der Waals surface area contributed by atoms with Crippen LogP contribution in [0.1, 0.15) is 5.56 Å². The Hall–Kier alpha value is -2.69. The van der Waals surface area contributed by atoms with Crippen molar-refractivity contribution in [2.75, 3.05) is 32.1 Å². The van der Waals surface area contributed by atoms with Gasteiger partial charge in [-0.05, 0) is 29.8 Å². The predicted octanol–water partition coefficient (Wildman–Crippen LogP) is 2.63. The SMILES string of the molecule is CN(C)c1ccc(CNC(=O)NCCOc2ccccc2)cc1. The molecule has 0 atom stereocenters. The lowest BCUT2D eigenvalue weighted by Gasteiger charge is -2.13. The molecule has 0 aromatic heterocycles. The van der Waals surface area contributed by atoms with E-state index in [1.807, 2.05) is 73.6 Å².